The summed E-state index contributed by atoms with van der Waals surface area (Å²) >= 11 is 0. The minimum Gasteiger partial charge on any atom is -0.340 e. The third kappa shape index (κ3) is 5.64. The van der Waals surface area contributed by atoms with Crippen molar-refractivity contribution in [2.75, 3.05) is 26.2 Å². The summed E-state index contributed by atoms with van der Waals surface area (Å²) in [6.45, 7) is 11.1. The summed E-state index contributed by atoms with van der Waals surface area (Å²) in [5.41, 5.74) is 3.98. The Morgan fingerprint density at radius 2 is 1.70 bits per heavy atom. The lowest BCUT2D eigenvalue weighted by Gasteiger charge is -2.34. The van der Waals surface area contributed by atoms with Gasteiger partial charge in [-0.1, -0.05) is 51.1 Å². The average molecular weight is 366 g/mol. The Balaban J connectivity index is 1.43. The molecule has 0 unspecified atom stereocenters. The van der Waals surface area contributed by atoms with E-state index in [2.05, 4.69) is 61.0 Å². The second kappa shape index (κ2) is 8.66. The van der Waals surface area contributed by atoms with Crippen molar-refractivity contribution >= 4 is 5.91 Å². The number of hydrogen-bond acceptors (Lipinski definition) is 3. The molecule has 2 heterocycles. The predicted molar refractivity (Wildman–Crippen MR) is 110 cm³/mol. The summed E-state index contributed by atoms with van der Waals surface area (Å²) in [5, 5.41) is 0. The molecule has 3 rings (SSSR count). The van der Waals surface area contributed by atoms with E-state index in [0.29, 0.717) is 6.42 Å². The average Bonchev–Trinajstić information content (AvgIpc) is 2.67. The topological polar surface area (TPSA) is 36.4 Å². The Labute approximate surface area is 163 Å². The zero-order chi connectivity index (χ0) is 19.3. The molecule has 0 N–H and O–H groups in total. The van der Waals surface area contributed by atoms with Crippen molar-refractivity contribution in [3.8, 4) is 0 Å². The van der Waals surface area contributed by atoms with Crippen LogP contribution in [0.1, 0.15) is 43.9 Å². The number of benzene rings is 1. The summed E-state index contributed by atoms with van der Waals surface area (Å²) in [7, 11) is 0. The Kier molecular flexibility index (Phi) is 6.27. The van der Waals surface area contributed by atoms with Crippen molar-refractivity contribution in [2.24, 2.45) is 0 Å². The van der Waals surface area contributed by atoms with Gasteiger partial charge >= 0.3 is 0 Å². The van der Waals surface area contributed by atoms with E-state index in [9.17, 15) is 4.79 Å². The molecule has 0 saturated carbocycles. The molecule has 1 fully saturated rings. The van der Waals surface area contributed by atoms with Crippen LogP contribution in [0.15, 0.2) is 48.8 Å². The van der Waals surface area contributed by atoms with Crippen LogP contribution in [0, 0.1) is 0 Å². The maximum absolute atomic E-state index is 12.6. The summed E-state index contributed by atoms with van der Waals surface area (Å²) in [6, 6.07) is 12.8. The van der Waals surface area contributed by atoms with Gasteiger partial charge in [0, 0.05) is 51.5 Å². The number of aromatic nitrogens is 1. The number of rotatable bonds is 5. The van der Waals surface area contributed by atoms with Gasteiger partial charge in [-0.05, 0) is 34.6 Å². The molecule has 27 heavy (non-hydrogen) atoms. The summed E-state index contributed by atoms with van der Waals surface area (Å²) in [5.74, 6) is 0.274. The maximum Gasteiger partial charge on any atom is 0.222 e. The van der Waals surface area contributed by atoms with E-state index in [1.54, 1.807) is 6.20 Å². The molecule has 0 bridgehead atoms. The van der Waals surface area contributed by atoms with Crippen LogP contribution in [0.3, 0.4) is 0 Å². The van der Waals surface area contributed by atoms with Crippen LogP contribution < -0.4 is 0 Å². The Hall–Kier alpha value is -2.20. The number of pyridine rings is 1. The van der Waals surface area contributed by atoms with Crippen LogP contribution in [0.4, 0.5) is 0 Å². The van der Waals surface area contributed by atoms with Gasteiger partial charge in [0.2, 0.25) is 5.91 Å². The van der Waals surface area contributed by atoms with E-state index in [-0.39, 0.29) is 11.3 Å². The van der Waals surface area contributed by atoms with Gasteiger partial charge in [0.15, 0.2) is 0 Å². The first kappa shape index (κ1) is 19.6. The van der Waals surface area contributed by atoms with Gasteiger partial charge in [0.25, 0.3) is 0 Å². The van der Waals surface area contributed by atoms with E-state index in [1.165, 1.54) is 16.7 Å². The fourth-order valence-corrected chi connectivity index (χ4v) is 3.49. The highest BCUT2D eigenvalue weighted by atomic mass is 16.2. The number of hydrogen-bond donors (Lipinski definition) is 0. The SMILES string of the molecule is CC(C)(C)c1ccc(CCC(=O)N2CCN(Cc3cccnc3)CC2)cc1. The highest BCUT2D eigenvalue weighted by Crippen LogP contribution is 2.22. The molecule has 1 aromatic carbocycles. The summed E-state index contributed by atoms with van der Waals surface area (Å²) < 4.78 is 0. The molecular weight excluding hydrogens is 334 g/mol. The molecule has 144 valence electrons. The molecule has 1 saturated heterocycles. The van der Waals surface area contributed by atoms with Gasteiger partial charge in [-0.25, -0.2) is 0 Å². The van der Waals surface area contributed by atoms with Crippen molar-refractivity contribution in [3.05, 3.63) is 65.5 Å². The monoisotopic (exact) mass is 365 g/mol. The molecule has 0 atom stereocenters. The molecular formula is C23H31N3O. The third-order valence-corrected chi connectivity index (χ3v) is 5.30. The van der Waals surface area contributed by atoms with Gasteiger partial charge in [-0.2, -0.15) is 0 Å². The van der Waals surface area contributed by atoms with Crippen molar-refractivity contribution in [1.82, 2.24) is 14.8 Å². The molecule has 0 spiro atoms. The first-order valence-electron chi connectivity index (χ1n) is 9.90. The van der Waals surface area contributed by atoms with Crippen molar-refractivity contribution in [2.45, 2.75) is 45.6 Å². The normalized spacial score (nSPS) is 15.7. The van der Waals surface area contributed by atoms with E-state index in [4.69, 9.17) is 0 Å². The zero-order valence-corrected chi connectivity index (χ0v) is 16.8. The Bertz CT molecular complexity index is 726. The van der Waals surface area contributed by atoms with Crippen LogP contribution in [-0.2, 0) is 23.2 Å². The molecule has 4 nitrogen and oxygen atoms in total. The van der Waals surface area contributed by atoms with Crippen molar-refractivity contribution in [3.63, 3.8) is 0 Å². The van der Waals surface area contributed by atoms with E-state index >= 15 is 0 Å². The van der Waals surface area contributed by atoms with Gasteiger partial charge in [0.1, 0.15) is 0 Å². The second-order valence-corrected chi connectivity index (χ2v) is 8.47. The highest BCUT2D eigenvalue weighted by Gasteiger charge is 2.21. The smallest absolute Gasteiger partial charge is 0.222 e. The van der Waals surface area contributed by atoms with Gasteiger partial charge in [0.05, 0.1) is 0 Å². The maximum atomic E-state index is 12.6. The predicted octanol–water partition coefficient (Wildman–Crippen LogP) is 3.66. The summed E-state index contributed by atoms with van der Waals surface area (Å²) in [4.78, 5) is 21.1. The minimum absolute atomic E-state index is 0.170. The van der Waals surface area contributed by atoms with Crippen LogP contribution in [0.5, 0.6) is 0 Å². The lowest BCUT2D eigenvalue weighted by Crippen LogP contribution is -2.48. The highest BCUT2D eigenvalue weighted by molar-refractivity contribution is 5.76. The van der Waals surface area contributed by atoms with Crippen LogP contribution in [0.2, 0.25) is 0 Å². The number of aryl methyl sites for hydroxylation is 1. The number of amides is 1. The number of carbonyl (C=O) groups excluding carboxylic acids is 1. The first-order valence-corrected chi connectivity index (χ1v) is 9.90. The standard InChI is InChI=1S/C23H31N3O/c1-23(2,3)21-9-6-19(7-10-21)8-11-22(27)26-15-13-25(14-16-26)18-20-5-4-12-24-17-20/h4-7,9-10,12,17H,8,11,13-16,18H2,1-3H3. The second-order valence-electron chi connectivity index (χ2n) is 8.47. The molecule has 1 aliphatic rings. The van der Waals surface area contributed by atoms with Crippen molar-refractivity contribution < 1.29 is 4.79 Å². The fourth-order valence-electron chi connectivity index (χ4n) is 3.49. The number of nitrogens with zero attached hydrogens (tertiary/aromatic N) is 3. The third-order valence-electron chi connectivity index (χ3n) is 5.30. The van der Waals surface area contributed by atoms with E-state index < -0.39 is 0 Å². The zero-order valence-electron chi connectivity index (χ0n) is 16.8. The van der Waals surface area contributed by atoms with Gasteiger partial charge in [-0.3, -0.25) is 14.7 Å². The first-order chi connectivity index (χ1) is 12.9. The minimum atomic E-state index is 0.170. The molecule has 4 heteroatoms. The van der Waals surface area contributed by atoms with Gasteiger partial charge < -0.3 is 4.90 Å². The van der Waals surface area contributed by atoms with Gasteiger partial charge in [-0.15, -0.1) is 0 Å². The van der Waals surface area contributed by atoms with Crippen LogP contribution in [0.25, 0.3) is 0 Å². The lowest BCUT2D eigenvalue weighted by molar-refractivity contribution is -0.133. The Morgan fingerprint density at radius 3 is 2.30 bits per heavy atom. The molecule has 1 aliphatic heterocycles. The van der Waals surface area contributed by atoms with E-state index in [0.717, 1.165) is 39.1 Å². The molecule has 1 amide bonds. The van der Waals surface area contributed by atoms with Crippen molar-refractivity contribution in [1.29, 1.82) is 0 Å². The molecule has 1 aromatic heterocycles. The largest absolute Gasteiger partial charge is 0.340 e. The Morgan fingerprint density at radius 1 is 1.00 bits per heavy atom. The summed E-state index contributed by atoms with van der Waals surface area (Å²) in [6.07, 6.45) is 5.13. The number of piperazine rings is 1. The quantitative estimate of drug-likeness (QED) is 0.811. The van der Waals surface area contributed by atoms with Crippen LogP contribution in [-0.4, -0.2) is 46.9 Å². The molecule has 2 aromatic rings. The lowest BCUT2D eigenvalue weighted by atomic mass is 9.86. The van der Waals surface area contributed by atoms with E-state index in [1.807, 2.05) is 17.2 Å². The fraction of sp³-hybridized carbons (Fsp3) is 0.478. The molecule has 0 aliphatic carbocycles. The number of carbonyl (C=O) groups is 1. The van der Waals surface area contributed by atoms with Crippen LogP contribution >= 0.6 is 0 Å². The molecule has 0 radical (unpaired) electrons.